The molecule has 1 saturated carbocycles. The van der Waals surface area contributed by atoms with Crippen LogP contribution in [0.2, 0.25) is 0 Å². The van der Waals surface area contributed by atoms with E-state index in [1.165, 1.54) is 23.6 Å². The number of alkyl halides is 3. The Morgan fingerprint density at radius 1 is 1.10 bits per heavy atom. The third kappa shape index (κ3) is 3.65. The largest absolute Gasteiger partial charge is 0.420 e. The van der Waals surface area contributed by atoms with Crippen molar-refractivity contribution in [3.05, 3.63) is 62.0 Å². The van der Waals surface area contributed by atoms with Crippen molar-refractivity contribution in [1.82, 2.24) is 9.55 Å². The summed E-state index contributed by atoms with van der Waals surface area (Å²) in [7, 11) is 0. The third-order valence-corrected chi connectivity index (χ3v) is 7.46. The van der Waals surface area contributed by atoms with E-state index in [0.717, 1.165) is 4.90 Å². The molecule has 6 rings (SSSR count). The van der Waals surface area contributed by atoms with Gasteiger partial charge in [0.25, 0.3) is 11.5 Å². The quantitative estimate of drug-likeness (QED) is 0.291. The van der Waals surface area contributed by atoms with E-state index in [9.17, 15) is 37.5 Å². The average Bonchev–Trinajstić information content (AvgIpc) is 3.67. The van der Waals surface area contributed by atoms with E-state index in [1.807, 2.05) is 0 Å². The van der Waals surface area contributed by atoms with Gasteiger partial charge in [-0.05, 0) is 31.9 Å². The molecule has 3 heterocycles. The van der Waals surface area contributed by atoms with Gasteiger partial charge in [0.2, 0.25) is 0 Å². The fourth-order valence-electron chi connectivity index (χ4n) is 5.33. The number of aromatic nitrogens is 2. The minimum Gasteiger partial charge on any atom is -0.378 e. The summed E-state index contributed by atoms with van der Waals surface area (Å²) in [6.07, 6.45) is -3.82. The molecule has 1 aromatic heterocycles. The number of β-amino-alcohol motifs (C(OH)–C–C–N with tert-alkyl or cyclic N) is 1. The Labute approximate surface area is 216 Å². The summed E-state index contributed by atoms with van der Waals surface area (Å²) in [5.41, 5.74) is -5.50. The number of nitrogens with one attached hydrogen (secondary N) is 3. The lowest BCUT2D eigenvalue weighted by atomic mass is 9.91. The number of anilines is 3. The summed E-state index contributed by atoms with van der Waals surface area (Å²) in [6.45, 7) is -0.624. The zero-order valence-electron chi connectivity index (χ0n) is 20.3. The highest BCUT2D eigenvalue weighted by molar-refractivity contribution is 6.25. The maximum absolute atomic E-state index is 16.3. The molecule has 3 aliphatic rings. The van der Waals surface area contributed by atoms with E-state index in [-0.39, 0.29) is 39.4 Å². The van der Waals surface area contributed by atoms with Gasteiger partial charge in [0.05, 0.1) is 41.1 Å². The zero-order valence-corrected chi connectivity index (χ0v) is 20.3. The van der Waals surface area contributed by atoms with Crippen LogP contribution in [0.25, 0.3) is 10.9 Å². The predicted octanol–water partition coefficient (Wildman–Crippen LogP) is 2.20. The number of amides is 1. The van der Waals surface area contributed by atoms with Crippen LogP contribution < -0.4 is 26.8 Å². The minimum absolute atomic E-state index is 0.0112. The van der Waals surface area contributed by atoms with Crippen molar-refractivity contribution in [3.8, 4) is 0 Å². The first-order valence-corrected chi connectivity index (χ1v) is 12.1. The van der Waals surface area contributed by atoms with E-state index in [1.54, 1.807) is 12.1 Å². The highest BCUT2D eigenvalue weighted by Gasteiger charge is 2.61. The number of para-hydroxylation sites is 1. The van der Waals surface area contributed by atoms with Crippen LogP contribution >= 0.6 is 0 Å². The molecule has 1 unspecified atom stereocenters. The van der Waals surface area contributed by atoms with Crippen molar-refractivity contribution in [2.24, 2.45) is 0 Å². The Kier molecular flexibility index (Phi) is 5.24. The molecule has 0 bridgehead atoms. The Balaban J connectivity index is 1.56. The molecule has 204 valence electrons. The number of carbonyl (C=O) groups excluding carboxylic acids is 2. The van der Waals surface area contributed by atoms with Gasteiger partial charge in [-0.1, -0.05) is 12.1 Å². The van der Waals surface area contributed by atoms with Crippen molar-refractivity contribution in [2.75, 3.05) is 28.6 Å². The number of ketones is 1. The molecular weight excluding hydrogens is 526 g/mol. The molecule has 1 aliphatic carbocycles. The Morgan fingerprint density at radius 3 is 2.41 bits per heavy atom. The predicted molar refractivity (Wildman–Crippen MR) is 132 cm³/mol. The number of Topliss-reactive ketones (excluding diaryl/α,β-unsaturated/α-hetero) is 1. The number of halogens is 4. The van der Waals surface area contributed by atoms with E-state index < -0.39 is 65.4 Å². The average molecular weight is 547 g/mol. The Bertz CT molecular complexity index is 1700. The second kappa shape index (κ2) is 8.15. The molecule has 4 N–H and O–H groups in total. The lowest BCUT2D eigenvalue weighted by Gasteiger charge is -2.48. The van der Waals surface area contributed by atoms with E-state index in [0.29, 0.717) is 12.8 Å². The lowest BCUT2D eigenvalue weighted by Crippen LogP contribution is -2.69. The van der Waals surface area contributed by atoms with Crippen molar-refractivity contribution < 1.29 is 32.3 Å². The number of hydrogen-bond donors (Lipinski definition) is 4. The monoisotopic (exact) mass is 547 g/mol. The second-order valence-corrected chi connectivity index (χ2v) is 10.1. The maximum atomic E-state index is 16.3. The van der Waals surface area contributed by atoms with Gasteiger partial charge in [0.1, 0.15) is 0 Å². The van der Waals surface area contributed by atoms with Crippen LogP contribution in [0.3, 0.4) is 0 Å². The van der Waals surface area contributed by atoms with Crippen molar-refractivity contribution in [3.63, 3.8) is 0 Å². The van der Waals surface area contributed by atoms with Crippen LogP contribution in [-0.4, -0.2) is 57.3 Å². The fourth-order valence-corrected chi connectivity index (χ4v) is 5.33. The summed E-state index contributed by atoms with van der Waals surface area (Å²) in [6, 6.07) is 4.11. The number of aliphatic hydroxyl groups is 1. The summed E-state index contributed by atoms with van der Waals surface area (Å²) < 4.78 is 57.6. The van der Waals surface area contributed by atoms with Crippen LogP contribution in [0.15, 0.2) is 33.9 Å². The van der Waals surface area contributed by atoms with Gasteiger partial charge in [-0.25, -0.2) is 9.18 Å². The first-order chi connectivity index (χ1) is 18.3. The molecule has 0 radical (unpaired) electrons. The molecule has 10 nitrogen and oxygen atoms in total. The minimum atomic E-state index is -4.97. The molecule has 1 atom stereocenters. The smallest absolute Gasteiger partial charge is 0.378 e. The molecule has 0 spiro atoms. The number of carbonyl (C=O) groups is 2. The number of nitrogens with zero attached hydrogens (tertiary/aromatic N) is 2. The lowest BCUT2D eigenvalue weighted by molar-refractivity contribution is -0.267. The fraction of sp³-hybridized carbons (Fsp3) is 0.360. The number of benzene rings is 2. The molecule has 3 aromatic rings. The van der Waals surface area contributed by atoms with Crippen molar-refractivity contribution >= 4 is 39.7 Å². The van der Waals surface area contributed by atoms with Gasteiger partial charge in [-0.15, -0.1) is 0 Å². The molecule has 2 fully saturated rings. The summed E-state index contributed by atoms with van der Waals surface area (Å²) in [5.74, 6) is -2.75. The highest BCUT2D eigenvalue weighted by Crippen LogP contribution is 2.46. The summed E-state index contributed by atoms with van der Waals surface area (Å²) in [4.78, 5) is 55.0. The number of fused-ring (bicyclic) bond motifs is 2. The molecule has 1 saturated heterocycles. The van der Waals surface area contributed by atoms with E-state index >= 15 is 4.39 Å². The number of rotatable bonds is 4. The molecule has 1 amide bonds. The van der Waals surface area contributed by atoms with E-state index in [2.05, 4.69) is 15.6 Å². The normalized spacial score (nSPS) is 20.5. The second-order valence-electron chi connectivity index (χ2n) is 10.1. The highest BCUT2D eigenvalue weighted by atomic mass is 19.4. The topological polar surface area (TPSA) is 137 Å². The summed E-state index contributed by atoms with van der Waals surface area (Å²) in [5, 5.41) is 14.7. The number of H-pyrrole nitrogens is 1. The van der Waals surface area contributed by atoms with Gasteiger partial charge >= 0.3 is 11.9 Å². The first kappa shape index (κ1) is 25.1. The standard InChI is InChI=1S/C25H21F4N5O5/c1-10-18-14(21(36)32-23(38)34(18)11-6-7-11)16(15(26)19(10)33-8-24(39,9-33)25(27,28)29)31-17-20(35)12-4-2-3-5-13(12)30-22(17)37/h2-5,11,17,31,39H,6-9H2,1H3,(H,30,37)(H,32,36,38). The Hall–Kier alpha value is -4.20. The third-order valence-electron chi connectivity index (χ3n) is 7.46. The number of aryl methyl sites for hydroxylation is 1. The molecule has 2 aromatic carbocycles. The van der Waals surface area contributed by atoms with Crippen LogP contribution in [-0.2, 0) is 4.79 Å². The van der Waals surface area contributed by atoms with Crippen LogP contribution in [0.4, 0.5) is 34.6 Å². The zero-order chi connectivity index (χ0) is 28.0. The van der Waals surface area contributed by atoms with Gasteiger partial charge in [0, 0.05) is 17.2 Å². The van der Waals surface area contributed by atoms with E-state index in [4.69, 9.17) is 0 Å². The SMILES string of the molecule is Cc1c(N2CC(O)(C(F)(F)F)C2)c(F)c(NC2C(=O)Nc3ccccc3C2=O)c2c(=O)[nH]c(=O)n(C3CC3)c12. The molecular formula is C25H21F4N5O5. The summed E-state index contributed by atoms with van der Waals surface area (Å²) >= 11 is 0. The number of aromatic amines is 1. The molecule has 14 heteroatoms. The maximum Gasteiger partial charge on any atom is 0.420 e. The number of hydrogen-bond acceptors (Lipinski definition) is 7. The van der Waals surface area contributed by atoms with Gasteiger partial charge in [-0.3, -0.25) is 23.9 Å². The van der Waals surface area contributed by atoms with Crippen molar-refractivity contribution in [2.45, 2.75) is 43.6 Å². The van der Waals surface area contributed by atoms with Crippen LogP contribution in [0.1, 0.15) is 34.8 Å². The van der Waals surface area contributed by atoms with Gasteiger partial charge in [0.15, 0.2) is 23.2 Å². The van der Waals surface area contributed by atoms with Crippen LogP contribution in [0.5, 0.6) is 0 Å². The molecule has 2 aliphatic heterocycles. The van der Waals surface area contributed by atoms with Crippen LogP contribution in [0, 0.1) is 12.7 Å². The Morgan fingerprint density at radius 2 is 1.77 bits per heavy atom. The molecule has 39 heavy (non-hydrogen) atoms. The van der Waals surface area contributed by atoms with Gasteiger partial charge in [-0.2, -0.15) is 13.2 Å². The first-order valence-electron chi connectivity index (χ1n) is 12.1. The van der Waals surface area contributed by atoms with Gasteiger partial charge < -0.3 is 20.6 Å². The van der Waals surface area contributed by atoms with Crippen molar-refractivity contribution in [1.29, 1.82) is 0 Å².